The van der Waals surface area contributed by atoms with Crippen molar-refractivity contribution in [1.82, 2.24) is 5.32 Å². The van der Waals surface area contributed by atoms with Gasteiger partial charge in [-0.05, 0) is 18.9 Å². The SMILES string of the molecule is CC(C)C(CC(=O)NCCCN)C(=O)O. The number of carbonyl (C=O) groups is 2. The van der Waals surface area contributed by atoms with E-state index in [1.165, 1.54) is 0 Å². The number of carboxylic acids is 1. The third-order valence-electron chi connectivity index (χ3n) is 2.23. The Morgan fingerprint density at radius 1 is 1.40 bits per heavy atom. The van der Waals surface area contributed by atoms with Crippen molar-refractivity contribution in [1.29, 1.82) is 0 Å². The smallest absolute Gasteiger partial charge is 0.307 e. The quantitative estimate of drug-likeness (QED) is 0.530. The first kappa shape index (κ1) is 13.9. The second-order valence-corrected chi connectivity index (χ2v) is 3.89. The summed E-state index contributed by atoms with van der Waals surface area (Å²) in [6.45, 7) is 4.63. The van der Waals surface area contributed by atoms with Crippen molar-refractivity contribution in [3.05, 3.63) is 0 Å². The average molecular weight is 216 g/mol. The van der Waals surface area contributed by atoms with Crippen molar-refractivity contribution < 1.29 is 14.7 Å². The molecule has 0 aliphatic heterocycles. The van der Waals surface area contributed by atoms with E-state index in [4.69, 9.17) is 10.8 Å². The van der Waals surface area contributed by atoms with Crippen LogP contribution in [0.3, 0.4) is 0 Å². The molecule has 1 amide bonds. The first-order chi connectivity index (χ1) is 6.99. The van der Waals surface area contributed by atoms with Gasteiger partial charge >= 0.3 is 5.97 Å². The number of rotatable bonds is 7. The molecular weight excluding hydrogens is 196 g/mol. The van der Waals surface area contributed by atoms with Crippen molar-refractivity contribution >= 4 is 11.9 Å². The van der Waals surface area contributed by atoms with Gasteiger partial charge in [0.05, 0.1) is 5.92 Å². The summed E-state index contributed by atoms with van der Waals surface area (Å²) in [5, 5.41) is 11.5. The third-order valence-corrected chi connectivity index (χ3v) is 2.23. The summed E-state index contributed by atoms with van der Waals surface area (Å²) in [4.78, 5) is 22.1. The van der Waals surface area contributed by atoms with Crippen LogP contribution < -0.4 is 11.1 Å². The fourth-order valence-electron chi connectivity index (χ4n) is 1.21. The lowest BCUT2D eigenvalue weighted by Gasteiger charge is -2.15. The largest absolute Gasteiger partial charge is 0.481 e. The zero-order chi connectivity index (χ0) is 11.8. The minimum atomic E-state index is -0.918. The molecule has 0 aromatic carbocycles. The number of amides is 1. The van der Waals surface area contributed by atoms with Crippen LogP contribution in [0.4, 0.5) is 0 Å². The summed E-state index contributed by atoms with van der Waals surface area (Å²) in [5.74, 6) is -1.78. The first-order valence-corrected chi connectivity index (χ1v) is 5.18. The Hall–Kier alpha value is -1.10. The van der Waals surface area contributed by atoms with Crippen molar-refractivity contribution in [2.45, 2.75) is 26.7 Å². The van der Waals surface area contributed by atoms with Crippen LogP contribution in [0, 0.1) is 11.8 Å². The predicted octanol–water partition coefficient (Wildman–Crippen LogP) is 0.198. The van der Waals surface area contributed by atoms with Gasteiger partial charge in [-0.3, -0.25) is 9.59 Å². The maximum atomic E-state index is 11.3. The topological polar surface area (TPSA) is 92.4 Å². The lowest BCUT2D eigenvalue weighted by molar-refractivity contribution is -0.145. The van der Waals surface area contributed by atoms with Crippen molar-refractivity contribution in [3.8, 4) is 0 Å². The summed E-state index contributed by atoms with van der Waals surface area (Å²) in [6.07, 6.45) is 0.753. The molecule has 0 heterocycles. The Labute approximate surface area is 90.0 Å². The number of carboxylic acid groups (broad SMARTS) is 1. The highest BCUT2D eigenvalue weighted by Gasteiger charge is 2.24. The van der Waals surface area contributed by atoms with Crippen LogP contribution in [0.5, 0.6) is 0 Å². The third kappa shape index (κ3) is 6.06. The van der Waals surface area contributed by atoms with Crippen LogP contribution in [0.2, 0.25) is 0 Å². The Kier molecular flexibility index (Phi) is 6.70. The number of hydrogen-bond acceptors (Lipinski definition) is 3. The fraction of sp³-hybridized carbons (Fsp3) is 0.800. The number of nitrogens with one attached hydrogen (secondary N) is 1. The van der Waals surface area contributed by atoms with Crippen molar-refractivity contribution in [2.75, 3.05) is 13.1 Å². The van der Waals surface area contributed by atoms with E-state index in [1.54, 1.807) is 13.8 Å². The molecule has 0 aliphatic rings. The number of hydrogen-bond donors (Lipinski definition) is 3. The molecular formula is C10H20N2O3. The van der Waals surface area contributed by atoms with Gasteiger partial charge in [0.25, 0.3) is 0 Å². The highest BCUT2D eigenvalue weighted by molar-refractivity contribution is 5.82. The Morgan fingerprint density at radius 3 is 2.40 bits per heavy atom. The normalized spacial score (nSPS) is 12.5. The lowest BCUT2D eigenvalue weighted by Crippen LogP contribution is -2.31. The van der Waals surface area contributed by atoms with Crippen LogP contribution in [-0.4, -0.2) is 30.1 Å². The van der Waals surface area contributed by atoms with Crippen LogP contribution in [0.25, 0.3) is 0 Å². The molecule has 1 unspecified atom stereocenters. The van der Waals surface area contributed by atoms with E-state index in [1.807, 2.05) is 0 Å². The molecule has 0 aliphatic carbocycles. The molecule has 88 valence electrons. The van der Waals surface area contributed by atoms with Crippen LogP contribution in [0.1, 0.15) is 26.7 Å². The van der Waals surface area contributed by atoms with E-state index in [9.17, 15) is 9.59 Å². The summed E-state index contributed by atoms with van der Waals surface area (Å²) in [6, 6.07) is 0. The molecule has 0 fully saturated rings. The summed E-state index contributed by atoms with van der Waals surface area (Å²) in [7, 11) is 0. The van der Waals surface area contributed by atoms with Crippen LogP contribution >= 0.6 is 0 Å². The van der Waals surface area contributed by atoms with Gasteiger partial charge in [-0.1, -0.05) is 13.8 Å². The van der Waals surface area contributed by atoms with Crippen LogP contribution in [0.15, 0.2) is 0 Å². The molecule has 0 bridgehead atoms. The zero-order valence-electron chi connectivity index (χ0n) is 9.32. The Balaban J connectivity index is 3.95. The maximum absolute atomic E-state index is 11.3. The minimum Gasteiger partial charge on any atom is -0.481 e. The van der Waals surface area contributed by atoms with Gasteiger partial charge < -0.3 is 16.2 Å². The molecule has 0 spiro atoms. The summed E-state index contributed by atoms with van der Waals surface area (Å²) < 4.78 is 0. The molecule has 5 heteroatoms. The average Bonchev–Trinajstić information content (AvgIpc) is 2.13. The Morgan fingerprint density at radius 2 is 2.00 bits per heavy atom. The van der Waals surface area contributed by atoms with E-state index in [0.717, 1.165) is 0 Å². The van der Waals surface area contributed by atoms with E-state index in [-0.39, 0.29) is 18.2 Å². The van der Waals surface area contributed by atoms with Crippen molar-refractivity contribution in [2.24, 2.45) is 17.6 Å². The van der Waals surface area contributed by atoms with Gasteiger partial charge in [0.15, 0.2) is 0 Å². The van der Waals surface area contributed by atoms with E-state index < -0.39 is 11.9 Å². The molecule has 0 aromatic rings. The van der Waals surface area contributed by atoms with Gasteiger partial charge in [0, 0.05) is 13.0 Å². The summed E-state index contributed by atoms with van der Waals surface area (Å²) in [5.41, 5.74) is 5.27. The minimum absolute atomic E-state index is 0.0391. The van der Waals surface area contributed by atoms with Gasteiger partial charge in [0.1, 0.15) is 0 Å². The second kappa shape index (κ2) is 7.23. The van der Waals surface area contributed by atoms with E-state index >= 15 is 0 Å². The zero-order valence-corrected chi connectivity index (χ0v) is 9.32. The second-order valence-electron chi connectivity index (χ2n) is 3.89. The maximum Gasteiger partial charge on any atom is 0.307 e. The van der Waals surface area contributed by atoms with Gasteiger partial charge in [-0.15, -0.1) is 0 Å². The number of nitrogens with two attached hydrogens (primary N) is 1. The molecule has 15 heavy (non-hydrogen) atoms. The Bertz CT molecular complexity index is 217. The molecule has 5 nitrogen and oxygen atoms in total. The van der Waals surface area contributed by atoms with Crippen molar-refractivity contribution in [3.63, 3.8) is 0 Å². The van der Waals surface area contributed by atoms with Crippen LogP contribution in [-0.2, 0) is 9.59 Å². The highest BCUT2D eigenvalue weighted by atomic mass is 16.4. The molecule has 1 atom stereocenters. The molecule has 0 radical (unpaired) electrons. The predicted molar refractivity (Wildman–Crippen MR) is 57.3 cm³/mol. The highest BCUT2D eigenvalue weighted by Crippen LogP contribution is 2.15. The molecule has 0 aromatic heterocycles. The van der Waals surface area contributed by atoms with Gasteiger partial charge in [0.2, 0.25) is 5.91 Å². The molecule has 0 saturated carbocycles. The fourth-order valence-corrected chi connectivity index (χ4v) is 1.21. The van der Waals surface area contributed by atoms with E-state index in [2.05, 4.69) is 5.32 Å². The summed E-state index contributed by atoms with van der Waals surface area (Å²) >= 11 is 0. The van der Waals surface area contributed by atoms with Gasteiger partial charge in [-0.25, -0.2) is 0 Å². The van der Waals surface area contributed by atoms with E-state index in [0.29, 0.717) is 19.5 Å². The van der Waals surface area contributed by atoms with Gasteiger partial charge in [-0.2, -0.15) is 0 Å². The lowest BCUT2D eigenvalue weighted by atomic mass is 9.92. The number of aliphatic carboxylic acids is 1. The number of carbonyl (C=O) groups excluding carboxylic acids is 1. The standard InChI is InChI=1S/C10H20N2O3/c1-7(2)8(10(14)15)6-9(13)12-5-3-4-11/h7-8H,3-6,11H2,1-2H3,(H,12,13)(H,14,15). The monoisotopic (exact) mass is 216 g/mol. The first-order valence-electron chi connectivity index (χ1n) is 5.18. The molecule has 0 saturated heterocycles. The molecule has 4 N–H and O–H groups in total. The molecule has 0 rings (SSSR count).